The van der Waals surface area contributed by atoms with Crippen LogP contribution in [0.25, 0.3) is 0 Å². The van der Waals surface area contributed by atoms with Gasteiger partial charge in [0.05, 0.1) is 4.90 Å². The predicted octanol–water partition coefficient (Wildman–Crippen LogP) is 1.91. The molecule has 1 aliphatic carbocycles. The van der Waals surface area contributed by atoms with Gasteiger partial charge in [0.1, 0.15) is 0 Å². The van der Waals surface area contributed by atoms with Gasteiger partial charge in [-0.05, 0) is 37.0 Å². The second kappa shape index (κ2) is 6.11. The Kier molecular flexibility index (Phi) is 4.67. The van der Waals surface area contributed by atoms with Gasteiger partial charge in [0, 0.05) is 17.1 Å². The average molecular weight is 317 g/mol. The highest BCUT2D eigenvalue weighted by Gasteiger charge is 2.20. The maximum Gasteiger partial charge on any atom is 0.251 e. The Morgan fingerprint density at radius 3 is 2.65 bits per heavy atom. The zero-order valence-corrected chi connectivity index (χ0v) is 12.5. The highest BCUT2D eigenvalue weighted by atomic mass is 35.5. The quantitative estimate of drug-likeness (QED) is 0.786. The van der Waals surface area contributed by atoms with E-state index in [0.717, 1.165) is 18.8 Å². The van der Waals surface area contributed by atoms with E-state index in [2.05, 4.69) is 5.32 Å². The minimum absolute atomic E-state index is 0.159. The Morgan fingerprint density at radius 1 is 1.35 bits per heavy atom. The van der Waals surface area contributed by atoms with Crippen LogP contribution < -0.4 is 10.5 Å². The third-order valence-electron chi connectivity index (χ3n) is 3.23. The number of hydrogen-bond donors (Lipinski definition) is 2. The van der Waals surface area contributed by atoms with Crippen LogP contribution >= 0.6 is 11.6 Å². The number of rotatable bonds is 6. The van der Waals surface area contributed by atoms with Crippen LogP contribution in [0.3, 0.4) is 0 Å². The summed E-state index contributed by atoms with van der Waals surface area (Å²) in [5, 5.41) is 7.96. The molecule has 1 saturated carbocycles. The Balaban J connectivity index is 1.99. The maximum absolute atomic E-state index is 11.9. The standard InChI is InChI=1S/C13H17ClN2O3S/c14-11-6-10(7-12(8-11)20(15,18)19)13(17)16-5-1-2-9-3-4-9/h6-9H,1-5H2,(H,16,17)(H2,15,18,19). The largest absolute Gasteiger partial charge is 0.352 e. The number of nitrogens with one attached hydrogen (secondary N) is 1. The number of primary sulfonamides is 1. The van der Waals surface area contributed by atoms with Gasteiger partial charge in [-0.2, -0.15) is 0 Å². The van der Waals surface area contributed by atoms with Crippen LogP contribution in [-0.2, 0) is 10.0 Å². The first kappa shape index (κ1) is 15.3. The summed E-state index contributed by atoms with van der Waals surface area (Å²) in [6.45, 7) is 0.576. The molecule has 110 valence electrons. The van der Waals surface area contributed by atoms with E-state index in [4.69, 9.17) is 16.7 Å². The number of nitrogens with two attached hydrogens (primary N) is 1. The number of carbonyl (C=O) groups excluding carboxylic acids is 1. The lowest BCUT2D eigenvalue weighted by Crippen LogP contribution is -2.25. The topological polar surface area (TPSA) is 89.3 Å². The zero-order valence-electron chi connectivity index (χ0n) is 10.9. The fourth-order valence-corrected chi connectivity index (χ4v) is 2.84. The molecule has 0 saturated heterocycles. The van der Waals surface area contributed by atoms with Crippen molar-refractivity contribution in [1.82, 2.24) is 5.32 Å². The summed E-state index contributed by atoms with van der Waals surface area (Å²) in [5.74, 6) is 0.486. The van der Waals surface area contributed by atoms with Gasteiger partial charge in [0.2, 0.25) is 10.0 Å². The first-order chi connectivity index (χ1) is 9.36. The van der Waals surface area contributed by atoms with Crippen molar-refractivity contribution >= 4 is 27.5 Å². The van der Waals surface area contributed by atoms with Crippen molar-refractivity contribution in [3.05, 3.63) is 28.8 Å². The molecule has 3 N–H and O–H groups in total. The molecule has 20 heavy (non-hydrogen) atoms. The van der Waals surface area contributed by atoms with Gasteiger partial charge in [0.25, 0.3) is 5.91 Å². The number of halogens is 1. The molecule has 0 bridgehead atoms. The number of sulfonamides is 1. The van der Waals surface area contributed by atoms with Crippen molar-refractivity contribution in [2.45, 2.75) is 30.6 Å². The van der Waals surface area contributed by atoms with Gasteiger partial charge < -0.3 is 5.32 Å². The van der Waals surface area contributed by atoms with Crippen molar-refractivity contribution in [2.75, 3.05) is 6.54 Å². The molecule has 0 aliphatic heterocycles. The smallest absolute Gasteiger partial charge is 0.251 e. The maximum atomic E-state index is 11.9. The fraction of sp³-hybridized carbons (Fsp3) is 0.462. The second-order valence-corrected chi connectivity index (χ2v) is 7.06. The molecule has 1 aromatic rings. The van der Waals surface area contributed by atoms with Crippen LogP contribution in [0.4, 0.5) is 0 Å². The lowest BCUT2D eigenvalue weighted by molar-refractivity contribution is 0.0952. The average Bonchev–Trinajstić information content (AvgIpc) is 3.16. The molecule has 0 radical (unpaired) electrons. The van der Waals surface area contributed by atoms with Crippen LogP contribution in [0, 0.1) is 5.92 Å². The second-order valence-electron chi connectivity index (χ2n) is 5.06. The molecule has 0 heterocycles. The van der Waals surface area contributed by atoms with Crippen LogP contribution in [0.1, 0.15) is 36.0 Å². The highest BCUT2D eigenvalue weighted by molar-refractivity contribution is 7.89. The Hall–Kier alpha value is -1.11. The summed E-state index contributed by atoms with van der Waals surface area (Å²) in [7, 11) is -3.87. The van der Waals surface area contributed by atoms with Crippen molar-refractivity contribution in [3.63, 3.8) is 0 Å². The molecular weight excluding hydrogens is 300 g/mol. The summed E-state index contributed by atoms with van der Waals surface area (Å²) in [6, 6.07) is 3.88. The predicted molar refractivity (Wildman–Crippen MR) is 77.1 cm³/mol. The molecule has 1 aliphatic rings. The minimum Gasteiger partial charge on any atom is -0.352 e. The molecule has 1 amide bonds. The summed E-state index contributed by atoms with van der Waals surface area (Å²) in [5.41, 5.74) is 0.202. The van der Waals surface area contributed by atoms with E-state index in [1.54, 1.807) is 0 Å². The Morgan fingerprint density at radius 2 is 2.05 bits per heavy atom. The number of benzene rings is 1. The third kappa shape index (κ3) is 4.47. The fourth-order valence-electron chi connectivity index (χ4n) is 1.96. The van der Waals surface area contributed by atoms with Crippen molar-refractivity contribution in [3.8, 4) is 0 Å². The number of hydrogen-bond acceptors (Lipinski definition) is 3. The van der Waals surface area contributed by atoms with E-state index in [1.807, 2.05) is 0 Å². The van der Waals surface area contributed by atoms with Gasteiger partial charge in [-0.1, -0.05) is 24.4 Å². The normalized spacial score (nSPS) is 15.1. The molecule has 0 atom stereocenters. The lowest BCUT2D eigenvalue weighted by atomic mass is 10.2. The van der Waals surface area contributed by atoms with Crippen LogP contribution in [-0.4, -0.2) is 20.9 Å². The SMILES string of the molecule is NS(=O)(=O)c1cc(Cl)cc(C(=O)NCCCC2CC2)c1. The molecule has 0 spiro atoms. The molecule has 2 rings (SSSR count). The molecule has 5 nitrogen and oxygen atoms in total. The van der Waals surface area contributed by atoms with Crippen LogP contribution in [0.2, 0.25) is 5.02 Å². The van der Waals surface area contributed by atoms with Gasteiger partial charge in [-0.3, -0.25) is 4.79 Å². The van der Waals surface area contributed by atoms with E-state index >= 15 is 0 Å². The molecule has 7 heteroatoms. The number of carbonyl (C=O) groups is 1. The van der Waals surface area contributed by atoms with Gasteiger partial charge in [0.15, 0.2) is 0 Å². The Labute approximate surface area is 123 Å². The summed E-state index contributed by atoms with van der Waals surface area (Å²) >= 11 is 5.81. The first-order valence-corrected chi connectivity index (χ1v) is 8.40. The van der Waals surface area contributed by atoms with Gasteiger partial charge >= 0.3 is 0 Å². The van der Waals surface area contributed by atoms with Gasteiger partial charge in [-0.15, -0.1) is 0 Å². The highest BCUT2D eigenvalue weighted by Crippen LogP contribution is 2.33. The molecule has 0 unspecified atom stereocenters. The molecule has 1 aromatic carbocycles. The van der Waals surface area contributed by atoms with E-state index in [-0.39, 0.29) is 21.4 Å². The van der Waals surface area contributed by atoms with Crippen molar-refractivity contribution in [2.24, 2.45) is 11.1 Å². The van der Waals surface area contributed by atoms with Crippen molar-refractivity contribution in [1.29, 1.82) is 0 Å². The lowest BCUT2D eigenvalue weighted by Gasteiger charge is -2.07. The third-order valence-corrected chi connectivity index (χ3v) is 4.34. The van der Waals surface area contributed by atoms with Crippen LogP contribution in [0.15, 0.2) is 23.1 Å². The summed E-state index contributed by atoms with van der Waals surface area (Å²) < 4.78 is 22.6. The van der Waals surface area contributed by atoms with E-state index in [0.29, 0.717) is 6.54 Å². The first-order valence-electron chi connectivity index (χ1n) is 6.48. The van der Waals surface area contributed by atoms with E-state index < -0.39 is 10.0 Å². The van der Waals surface area contributed by atoms with E-state index in [9.17, 15) is 13.2 Å². The monoisotopic (exact) mass is 316 g/mol. The van der Waals surface area contributed by atoms with E-state index in [1.165, 1.54) is 31.0 Å². The van der Waals surface area contributed by atoms with Gasteiger partial charge in [-0.25, -0.2) is 13.6 Å². The minimum atomic E-state index is -3.87. The summed E-state index contributed by atoms with van der Waals surface area (Å²) in [4.78, 5) is 11.8. The van der Waals surface area contributed by atoms with Crippen molar-refractivity contribution < 1.29 is 13.2 Å². The Bertz CT molecular complexity index is 612. The zero-order chi connectivity index (χ0) is 14.8. The molecule has 0 aromatic heterocycles. The molecule has 1 fully saturated rings. The summed E-state index contributed by atoms with van der Waals surface area (Å²) in [6.07, 6.45) is 4.64. The van der Waals surface area contributed by atoms with Crippen LogP contribution in [0.5, 0.6) is 0 Å². The number of amides is 1. The molecular formula is C13H17ClN2O3S.